The number of hydrogen-bond acceptors (Lipinski definition) is 6. The van der Waals surface area contributed by atoms with Crippen LogP contribution in [0.4, 0.5) is 0 Å². The minimum atomic E-state index is -0.726. The van der Waals surface area contributed by atoms with Gasteiger partial charge in [-0.25, -0.2) is 0 Å². The molecule has 6 nitrogen and oxygen atoms in total. The lowest BCUT2D eigenvalue weighted by atomic mass is 10.0. The maximum absolute atomic E-state index is 12.6. The number of methoxy groups -OCH3 is 2. The zero-order valence-corrected chi connectivity index (χ0v) is 18.6. The Labute approximate surface area is 184 Å². The van der Waals surface area contributed by atoms with Gasteiger partial charge in [-0.05, 0) is 42.7 Å². The Hall–Kier alpha value is -2.28. The predicted octanol–water partition coefficient (Wildman–Crippen LogP) is 3.81. The van der Waals surface area contributed by atoms with Gasteiger partial charge in [0.15, 0.2) is 17.3 Å². The van der Waals surface area contributed by atoms with Crippen molar-refractivity contribution < 1.29 is 24.1 Å². The van der Waals surface area contributed by atoms with Crippen molar-refractivity contribution in [2.45, 2.75) is 44.8 Å². The average molecular weight is 438 g/mol. The maximum Gasteiger partial charge on any atom is 0.163 e. The first kappa shape index (κ1) is 25.8. The van der Waals surface area contributed by atoms with Gasteiger partial charge in [0.25, 0.3) is 0 Å². The van der Waals surface area contributed by atoms with Crippen molar-refractivity contribution in [3.8, 4) is 17.2 Å². The second-order valence-corrected chi connectivity index (χ2v) is 6.93. The zero-order valence-electron chi connectivity index (χ0n) is 17.8. The molecule has 0 aromatic heterocycles. The smallest absolute Gasteiger partial charge is 0.163 e. The number of aryl methyl sites for hydroxylation is 1. The summed E-state index contributed by atoms with van der Waals surface area (Å²) >= 11 is 0. The van der Waals surface area contributed by atoms with Crippen molar-refractivity contribution in [2.24, 2.45) is 5.73 Å². The van der Waals surface area contributed by atoms with Crippen LogP contribution in [0.25, 0.3) is 0 Å². The fraction of sp³-hybridized carbons (Fsp3) is 0.435. The molecule has 2 atom stereocenters. The number of benzene rings is 2. The van der Waals surface area contributed by atoms with E-state index in [1.807, 2.05) is 31.2 Å². The minimum absolute atomic E-state index is 0. The molecule has 3 N–H and O–H groups in total. The third-order valence-electron chi connectivity index (χ3n) is 4.83. The first-order valence-electron chi connectivity index (χ1n) is 9.89. The third-order valence-corrected chi connectivity index (χ3v) is 4.83. The number of para-hydroxylation sites is 1. The highest BCUT2D eigenvalue weighted by molar-refractivity contribution is 5.96. The first-order chi connectivity index (χ1) is 14.0. The van der Waals surface area contributed by atoms with Crippen LogP contribution in [0.3, 0.4) is 0 Å². The van der Waals surface area contributed by atoms with E-state index in [0.29, 0.717) is 35.7 Å². The van der Waals surface area contributed by atoms with Crippen molar-refractivity contribution in [3.05, 3.63) is 53.6 Å². The Morgan fingerprint density at radius 3 is 2.43 bits per heavy atom. The van der Waals surface area contributed by atoms with Crippen LogP contribution in [0.5, 0.6) is 17.2 Å². The molecule has 0 fully saturated rings. The Morgan fingerprint density at radius 2 is 1.77 bits per heavy atom. The predicted molar refractivity (Wildman–Crippen MR) is 120 cm³/mol. The molecule has 0 amide bonds. The van der Waals surface area contributed by atoms with E-state index in [1.165, 1.54) is 0 Å². The molecule has 0 aliphatic heterocycles. The quantitative estimate of drug-likeness (QED) is 0.490. The van der Waals surface area contributed by atoms with Crippen molar-refractivity contribution in [2.75, 3.05) is 20.8 Å². The molecule has 2 rings (SSSR count). The minimum Gasteiger partial charge on any atom is -0.493 e. The number of nitrogens with two attached hydrogens (primary N) is 1. The Morgan fingerprint density at radius 1 is 1.07 bits per heavy atom. The first-order valence-corrected chi connectivity index (χ1v) is 9.89. The van der Waals surface area contributed by atoms with Gasteiger partial charge in [-0.1, -0.05) is 31.5 Å². The van der Waals surface area contributed by atoms with Crippen LogP contribution in [0.1, 0.15) is 42.1 Å². The summed E-state index contributed by atoms with van der Waals surface area (Å²) in [7, 11) is 3.10. The number of aliphatic hydroxyl groups excluding tert-OH is 1. The maximum atomic E-state index is 12.6. The Kier molecular flexibility index (Phi) is 11.3. The lowest BCUT2D eigenvalue weighted by Gasteiger charge is -2.19. The largest absolute Gasteiger partial charge is 0.493 e. The van der Waals surface area contributed by atoms with Crippen LogP contribution >= 0.6 is 12.4 Å². The van der Waals surface area contributed by atoms with Gasteiger partial charge in [-0.2, -0.15) is 0 Å². The highest BCUT2D eigenvalue weighted by atomic mass is 35.5. The summed E-state index contributed by atoms with van der Waals surface area (Å²) in [5.41, 5.74) is 7.43. The molecular formula is C23H32ClNO5. The Balaban J connectivity index is 0.00000450. The molecule has 0 heterocycles. The van der Waals surface area contributed by atoms with Crippen LogP contribution in [0.15, 0.2) is 42.5 Å². The topological polar surface area (TPSA) is 91.0 Å². The van der Waals surface area contributed by atoms with E-state index in [1.54, 1.807) is 32.4 Å². The summed E-state index contributed by atoms with van der Waals surface area (Å²) in [5, 5.41) is 10.1. The third kappa shape index (κ3) is 7.20. The molecule has 30 heavy (non-hydrogen) atoms. The summed E-state index contributed by atoms with van der Waals surface area (Å²) < 4.78 is 16.3. The van der Waals surface area contributed by atoms with Gasteiger partial charge < -0.3 is 25.1 Å². The number of carbonyl (C=O) groups is 1. The lowest BCUT2D eigenvalue weighted by molar-refractivity contribution is 0.0818. The zero-order chi connectivity index (χ0) is 21.2. The number of halogens is 1. The van der Waals surface area contributed by atoms with Crippen LogP contribution in [0, 0.1) is 0 Å². The number of carbonyl (C=O) groups excluding carboxylic acids is 1. The lowest BCUT2D eigenvalue weighted by Crippen LogP contribution is -2.38. The molecule has 7 heteroatoms. The van der Waals surface area contributed by atoms with Gasteiger partial charge in [-0.15, -0.1) is 12.4 Å². The normalized spacial score (nSPS) is 12.4. The summed E-state index contributed by atoms with van der Waals surface area (Å²) in [6.45, 7) is 2.15. The van der Waals surface area contributed by atoms with E-state index in [4.69, 9.17) is 19.9 Å². The van der Waals surface area contributed by atoms with Gasteiger partial charge in [0, 0.05) is 18.0 Å². The molecule has 0 aliphatic rings. The average Bonchev–Trinajstić information content (AvgIpc) is 2.75. The van der Waals surface area contributed by atoms with Gasteiger partial charge in [0.2, 0.25) is 0 Å². The van der Waals surface area contributed by atoms with Crippen molar-refractivity contribution in [1.29, 1.82) is 0 Å². The van der Waals surface area contributed by atoms with E-state index in [2.05, 4.69) is 0 Å². The van der Waals surface area contributed by atoms with E-state index in [9.17, 15) is 9.90 Å². The van der Waals surface area contributed by atoms with E-state index >= 15 is 0 Å². The molecule has 0 aliphatic carbocycles. The summed E-state index contributed by atoms with van der Waals surface area (Å²) in [6, 6.07) is 12.4. The van der Waals surface area contributed by atoms with Crippen molar-refractivity contribution in [1.82, 2.24) is 0 Å². The van der Waals surface area contributed by atoms with Crippen LogP contribution in [-0.4, -0.2) is 43.9 Å². The summed E-state index contributed by atoms with van der Waals surface area (Å²) in [5.74, 6) is 1.78. The molecular weight excluding hydrogens is 406 g/mol. The van der Waals surface area contributed by atoms with Crippen LogP contribution in [-0.2, 0) is 6.42 Å². The highest BCUT2D eigenvalue weighted by Gasteiger charge is 2.16. The number of Topliss-reactive ketones (excluding diaryl/α,β-unsaturated/α-hetero) is 1. The molecule has 0 spiro atoms. The molecule has 2 aromatic carbocycles. The molecule has 166 valence electrons. The Bertz CT molecular complexity index is 799. The molecule has 0 saturated carbocycles. The molecule has 0 saturated heterocycles. The van der Waals surface area contributed by atoms with E-state index in [0.717, 1.165) is 18.4 Å². The van der Waals surface area contributed by atoms with Gasteiger partial charge >= 0.3 is 0 Å². The van der Waals surface area contributed by atoms with Gasteiger partial charge in [0.1, 0.15) is 18.5 Å². The number of ketones is 1. The molecule has 0 bridgehead atoms. The van der Waals surface area contributed by atoms with Crippen molar-refractivity contribution in [3.63, 3.8) is 0 Å². The fourth-order valence-corrected chi connectivity index (χ4v) is 3.08. The van der Waals surface area contributed by atoms with E-state index in [-0.39, 0.29) is 30.8 Å². The standard InChI is InChI=1S/C23H31NO5.ClH/c1-4-7-18(24)20(26)15-29-21-9-6-5-8-16(21)10-12-19(25)17-11-13-22(27-2)23(14-17)28-3;/h5-6,8-9,11,13-14,18,20,26H,4,7,10,12,15,24H2,1-3H3;1H. The van der Waals surface area contributed by atoms with Crippen LogP contribution in [0.2, 0.25) is 0 Å². The number of hydrogen-bond donors (Lipinski definition) is 2. The number of aliphatic hydroxyl groups is 1. The fourth-order valence-electron chi connectivity index (χ4n) is 3.08. The molecule has 0 radical (unpaired) electrons. The highest BCUT2D eigenvalue weighted by Crippen LogP contribution is 2.28. The second kappa shape index (κ2) is 13.1. The monoisotopic (exact) mass is 437 g/mol. The number of rotatable bonds is 12. The SMILES string of the molecule is CCCC(N)C(O)COc1ccccc1CCC(=O)c1ccc(OC)c(OC)c1.Cl. The van der Waals surface area contributed by atoms with Crippen LogP contribution < -0.4 is 19.9 Å². The number of ether oxygens (including phenoxy) is 3. The van der Waals surface area contributed by atoms with Crippen molar-refractivity contribution >= 4 is 18.2 Å². The van der Waals surface area contributed by atoms with Gasteiger partial charge in [-0.3, -0.25) is 4.79 Å². The van der Waals surface area contributed by atoms with Gasteiger partial charge in [0.05, 0.1) is 14.2 Å². The summed E-state index contributed by atoms with van der Waals surface area (Å²) in [4.78, 5) is 12.6. The summed E-state index contributed by atoms with van der Waals surface area (Å²) in [6.07, 6.45) is 1.78. The molecule has 2 aromatic rings. The molecule has 2 unspecified atom stereocenters. The van der Waals surface area contributed by atoms with E-state index < -0.39 is 6.10 Å². The second-order valence-electron chi connectivity index (χ2n) is 6.93.